The lowest BCUT2D eigenvalue weighted by atomic mass is 10.2. The number of nitrogens with zero attached hydrogens (tertiary/aromatic N) is 3. The molecule has 0 aromatic carbocycles. The summed E-state index contributed by atoms with van der Waals surface area (Å²) >= 11 is 3.19. The standard InChI is InChI=1S/C19H16N4OS2/c1-12-8-10-25-18(12)15-6-7-16(26-15)19(24)21-14-11-23(2)22-17(14)13-5-3-4-9-20-13/h3-11H,1-2H3,(H,21,24). The van der Waals surface area contributed by atoms with Gasteiger partial charge in [0, 0.05) is 29.2 Å². The lowest BCUT2D eigenvalue weighted by Crippen LogP contribution is -2.10. The Bertz CT molecular complexity index is 1060. The first-order chi connectivity index (χ1) is 12.6. The van der Waals surface area contributed by atoms with E-state index in [0.717, 1.165) is 10.6 Å². The highest BCUT2D eigenvalue weighted by molar-refractivity contribution is 7.22. The SMILES string of the molecule is Cc1ccsc1-c1ccc(C(=O)Nc2cn(C)nc2-c2ccccn2)s1. The summed E-state index contributed by atoms with van der Waals surface area (Å²) in [6.45, 7) is 2.08. The number of hydrogen-bond donors (Lipinski definition) is 1. The molecular formula is C19H16N4OS2. The highest BCUT2D eigenvalue weighted by atomic mass is 32.1. The van der Waals surface area contributed by atoms with Crippen molar-refractivity contribution >= 4 is 34.3 Å². The van der Waals surface area contributed by atoms with Crippen LogP contribution in [0.2, 0.25) is 0 Å². The number of hydrogen-bond acceptors (Lipinski definition) is 5. The van der Waals surface area contributed by atoms with Crippen LogP contribution in [0.25, 0.3) is 21.1 Å². The lowest BCUT2D eigenvalue weighted by Gasteiger charge is -2.03. The van der Waals surface area contributed by atoms with Crippen LogP contribution >= 0.6 is 22.7 Å². The van der Waals surface area contributed by atoms with Gasteiger partial charge in [-0.3, -0.25) is 14.5 Å². The van der Waals surface area contributed by atoms with Crippen LogP contribution in [-0.2, 0) is 7.05 Å². The van der Waals surface area contributed by atoms with Crippen molar-refractivity contribution in [2.75, 3.05) is 5.32 Å². The van der Waals surface area contributed by atoms with E-state index in [4.69, 9.17) is 0 Å². The van der Waals surface area contributed by atoms with Crippen LogP contribution in [0.15, 0.2) is 54.2 Å². The molecule has 1 amide bonds. The van der Waals surface area contributed by atoms with Crippen molar-refractivity contribution in [1.29, 1.82) is 0 Å². The smallest absolute Gasteiger partial charge is 0.265 e. The van der Waals surface area contributed by atoms with E-state index < -0.39 is 0 Å². The van der Waals surface area contributed by atoms with Gasteiger partial charge in [-0.15, -0.1) is 22.7 Å². The number of anilines is 1. The third-order valence-electron chi connectivity index (χ3n) is 3.90. The number of rotatable bonds is 4. The summed E-state index contributed by atoms with van der Waals surface area (Å²) < 4.78 is 1.68. The van der Waals surface area contributed by atoms with Gasteiger partial charge in [0.25, 0.3) is 5.91 Å². The topological polar surface area (TPSA) is 59.8 Å². The molecule has 0 saturated heterocycles. The molecule has 7 heteroatoms. The van der Waals surface area contributed by atoms with Crippen molar-refractivity contribution in [3.8, 4) is 21.1 Å². The third kappa shape index (κ3) is 3.18. The molecule has 4 heterocycles. The number of pyridine rings is 1. The Morgan fingerprint density at radius 2 is 2.08 bits per heavy atom. The van der Waals surface area contributed by atoms with Crippen molar-refractivity contribution in [2.24, 2.45) is 7.05 Å². The van der Waals surface area contributed by atoms with Gasteiger partial charge in [-0.25, -0.2) is 0 Å². The quantitative estimate of drug-likeness (QED) is 0.551. The summed E-state index contributed by atoms with van der Waals surface area (Å²) in [5.74, 6) is -0.138. The number of aryl methyl sites for hydroxylation is 2. The zero-order chi connectivity index (χ0) is 18.1. The predicted molar refractivity (Wildman–Crippen MR) is 107 cm³/mol. The lowest BCUT2D eigenvalue weighted by molar-refractivity contribution is 0.103. The molecule has 0 aliphatic heterocycles. The molecular weight excluding hydrogens is 364 g/mol. The van der Waals surface area contributed by atoms with Gasteiger partial charge < -0.3 is 5.32 Å². The summed E-state index contributed by atoms with van der Waals surface area (Å²) in [5.41, 5.74) is 3.27. The molecule has 26 heavy (non-hydrogen) atoms. The molecule has 5 nitrogen and oxygen atoms in total. The monoisotopic (exact) mass is 380 g/mol. The molecule has 0 fully saturated rings. The Labute approximate surface area is 159 Å². The molecule has 0 aliphatic carbocycles. The van der Waals surface area contributed by atoms with Gasteiger partial charge in [-0.05, 0) is 48.2 Å². The average molecular weight is 380 g/mol. The van der Waals surface area contributed by atoms with Crippen molar-refractivity contribution in [3.63, 3.8) is 0 Å². The van der Waals surface area contributed by atoms with Crippen molar-refractivity contribution in [1.82, 2.24) is 14.8 Å². The van der Waals surface area contributed by atoms with Gasteiger partial charge in [0.05, 0.1) is 16.3 Å². The fourth-order valence-corrected chi connectivity index (χ4v) is 4.69. The molecule has 0 spiro atoms. The van der Waals surface area contributed by atoms with Gasteiger partial charge >= 0.3 is 0 Å². The van der Waals surface area contributed by atoms with Gasteiger partial charge in [-0.2, -0.15) is 5.10 Å². The second-order valence-electron chi connectivity index (χ2n) is 5.83. The number of amides is 1. The number of thiophene rings is 2. The Kier molecular flexibility index (Phi) is 4.40. The molecule has 0 aliphatic rings. The van der Waals surface area contributed by atoms with E-state index in [2.05, 4.69) is 33.8 Å². The first-order valence-electron chi connectivity index (χ1n) is 8.02. The molecule has 0 radical (unpaired) electrons. The van der Waals surface area contributed by atoms with Crippen molar-refractivity contribution in [3.05, 3.63) is 64.6 Å². The maximum atomic E-state index is 12.7. The molecule has 4 aromatic rings. The average Bonchev–Trinajstić information content (AvgIpc) is 3.35. The third-order valence-corrected chi connectivity index (χ3v) is 6.18. The number of carbonyl (C=O) groups excluding carboxylic acids is 1. The fourth-order valence-electron chi connectivity index (χ4n) is 2.66. The van der Waals surface area contributed by atoms with E-state index in [0.29, 0.717) is 16.3 Å². The predicted octanol–water partition coefficient (Wildman–Crippen LogP) is 4.83. The first kappa shape index (κ1) is 16.7. The van der Waals surface area contributed by atoms with Crippen LogP contribution < -0.4 is 5.32 Å². The minimum atomic E-state index is -0.138. The van der Waals surface area contributed by atoms with Crippen LogP contribution in [0, 0.1) is 6.92 Å². The number of aromatic nitrogens is 3. The van der Waals surface area contributed by atoms with E-state index in [1.54, 1.807) is 28.4 Å². The molecule has 0 bridgehead atoms. The largest absolute Gasteiger partial charge is 0.318 e. The fraction of sp³-hybridized carbons (Fsp3) is 0.105. The van der Waals surface area contributed by atoms with Gasteiger partial charge in [-0.1, -0.05) is 6.07 Å². The highest BCUT2D eigenvalue weighted by Gasteiger charge is 2.17. The maximum absolute atomic E-state index is 12.7. The summed E-state index contributed by atoms with van der Waals surface area (Å²) in [6, 6.07) is 11.6. The molecule has 4 aromatic heterocycles. The summed E-state index contributed by atoms with van der Waals surface area (Å²) in [7, 11) is 1.82. The molecule has 1 N–H and O–H groups in total. The zero-order valence-corrected chi connectivity index (χ0v) is 15.9. The molecule has 130 valence electrons. The number of carbonyl (C=O) groups is 1. The second-order valence-corrected chi connectivity index (χ2v) is 7.83. The van der Waals surface area contributed by atoms with Gasteiger partial charge in [0.15, 0.2) is 0 Å². The zero-order valence-electron chi connectivity index (χ0n) is 14.3. The Morgan fingerprint density at radius 1 is 1.19 bits per heavy atom. The Morgan fingerprint density at radius 3 is 2.81 bits per heavy atom. The van der Waals surface area contributed by atoms with Crippen LogP contribution in [0.5, 0.6) is 0 Å². The minimum Gasteiger partial charge on any atom is -0.318 e. The van der Waals surface area contributed by atoms with Gasteiger partial charge in [0.1, 0.15) is 5.69 Å². The molecule has 0 saturated carbocycles. The normalized spacial score (nSPS) is 10.8. The van der Waals surface area contributed by atoms with E-state index in [9.17, 15) is 4.79 Å². The van der Waals surface area contributed by atoms with E-state index in [-0.39, 0.29) is 5.91 Å². The van der Waals surface area contributed by atoms with E-state index >= 15 is 0 Å². The van der Waals surface area contributed by atoms with Crippen LogP contribution in [0.4, 0.5) is 5.69 Å². The molecule has 0 unspecified atom stereocenters. The minimum absolute atomic E-state index is 0.138. The summed E-state index contributed by atoms with van der Waals surface area (Å²) in [6.07, 6.45) is 3.50. The Hall–Kier alpha value is -2.77. The Balaban J connectivity index is 1.60. The summed E-state index contributed by atoms with van der Waals surface area (Å²) in [4.78, 5) is 20.0. The van der Waals surface area contributed by atoms with E-state index in [1.165, 1.54) is 21.8 Å². The first-order valence-corrected chi connectivity index (χ1v) is 9.72. The molecule has 0 atom stereocenters. The van der Waals surface area contributed by atoms with Gasteiger partial charge in [0.2, 0.25) is 0 Å². The van der Waals surface area contributed by atoms with Crippen LogP contribution in [0.3, 0.4) is 0 Å². The second kappa shape index (κ2) is 6.86. The van der Waals surface area contributed by atoms with Crippen LogP contribution in [0.1, 0.15) is 15.2 Å². The molecule has 4 rings (SSSR count). The van der Waals surface area contributed by atoms with E-state index in [1.807, 2.05) is 37.4 Å². The van der Waals surface area contributed by atoms with Crippen LogP contribution in [-0.4, -0.2) is 20.7 Å². The maximum Gasteiger partial charge on any atom is 0.265 e. The highest BCUT2D eigenvalue weighted by Crippen LogP contribution is 2.35. The number of nitrogens with one attached hydrogen (secondary N) is 1. The summed E-state index contributed by atoms with van der Waals surface area (Å²) in [5, 5.41) is 9.47. The van der Waals surface area contributed by atoms with Crippen molar-refractivity contribution < 1.29 is 4.79 Å². The van der Waals surface area contributed by atoms with Crippen molar-refractivity contribution in [2.45, 2.75) is 6.92 Å².